The average molecular weight is 518 g/mol. The topological polar surface area (TPSA) is 108 Å². The zero-order valence-electron chi connectivity index (χ0n) is 20.5. The molecular weight excluding hydrogens is 492 g/mol. The Hall–Kier alpha value is -4.31. The molecule has 8 nitrogen and oxygen atoms in total. The molecule has 3 heterocycles. The van der Waals surface area contributed by atoms with Crippen molar-refractivity contribution < 1.29 is 18.6 Å². The maximum absolute atomic E-state index is 13.6. The molecule has 0 unspecified atom stereocenters. The SMILES string of the molecule is CC1(O)CC(c2nc(-c3ccc4c(OCC(F)F)cn(-c5ccccc5)c(=O)c4c3)c3c(N)nccn23)C1. The maximum Gasteiger partial charge on any atom is 0.272 e. The van der Waals surface area contributed by atoms with Crippen LogP contribution in [-0.4, -0.2) is 42.7 Å². The lowest BCUT2D eigenvalue weighted by Crippen LogP contribution is -2.40. The number of benzene rings is 2. The molecule has 2 aromatic carbocycles. The van der Waals surface area contributed by atoms with Gasteiger partial charge in [-0.2, -0.15) is 0 Å². The van der Waals surface area contributed by atoms with Crippen molar-refractivity contribution >= 4 is 22.1 Å². The second-order valence-electron chi connectivity index (χ2n) is 9.92. The molecule has 6 rings (SSSR count). The van der Waals surface area contributed by atoms with Crippen LogP contribution in [0.1, 0.15) is 31.5 Å². The summed E-state index contributed by atoms with van der Waals surface area (Å²) in [5, 5.41) is 11.0. The Balaban J connectivity index is 1.55. The maximum atomic E-state index is 13.6. The number of nitrogens with two attached hydrogens (primary N) is 1. The molecule has 3 N–H and O–H groups in total. The molecule has 0 bridgehead atoms. The van der Waals surface area contributed by atoms with Crippen LogP contribution < -0.4 is 16.0 Å². The lowest BCUT2D eigenvalue weighted by molar-refractivity contribution is -0.0335. The van der Waals surface area contributed by atoms with Crippen LogP contribution in [-0.2, 0) is 0 Å². The Kier molecular flexibility index (Phi) is 5.64. The number of para-hydroxylation sites is 1. The normalized spacial score (nSPS) is 19.2. The van der Waals surface area contributed by atoms with E-state index >= 15 is 0 Å². The molecule has 5 aromatic rings. The Labute approximate surface area is 216 Å². The zero-order chi connectivity index (χ0) is 26.6. The molecule has 1 aliphatic carbocycles. The minimum Gasteiger partial charge on any atom is -0.485 e. The number of imidazole rings is 1. The van der Waals surface area contributed by atoms with E-state index < -0.39 is 18.6 Å². The summed E-state index contributed by atoms with van der Waals surface area (Å²) >= 11 is 0. The summed E-state index contributed by atoms with van der Waals surface area (Å²) in [6.45, 7) is 0.997. The minimum absolute atomic E-state index is 0.0400. The fourth-order valence-corrected chi connectivity index (χ4v) is 5.27. The molecule has 0 atom stereocenters. The van der Waals surface area contributed by atoms with Crippen molar-refractivity contribution in [3.63, 3.8) is 0 Å². The lowest BCUT2D eigenvalue weighted by atomic mass is 9.72. The number of hydrogen-bond donors (Lipinski definition) is 2. The number of anilines is 1. The quantitative estimate of drug-likeness (QED) is 0.342. The van der Waals surface area contributed by atoms with Crippen molar-refractivity contribution in [2.45, 2.75) is 37.7 Å². The number of alkyl halides is 2. The van der Waals surface area contributed by atoms with Gasteiger partial charge in [0.2, 0.25) is 0 Å². The van der Waals surface area contributed by atoms with E-state index in [-0.39, 0.29) is 28.4 Å². The van der Waals surface area contributed by atoms with Gasteiger partial charge in [0.05, 0.1) is 17.2 Å². The number of ether oxygens (including phenoxy) is 1. The first kappa shape index (κ1) is 24.1. The van der Waals surface area contributed by atoms with Crippen molar-refractivity contribution in [2.24, 2.45) is 0 Å². The third-order valence-corrected chi connectivity index (χ3v) is 7.00. The molecule has 0 radical (unpaired) electrons. The summed E-state index contributed by atoms with van der Waals surface area (Å²) < 4.78 is 34.7. The highest BCUT2D eigenvalue weighted by atomic mass is 19.3. The van der Waals surface area contributed by atoms with Crippen LogP contribution in [0, 0.1) is 0 Å². The molecule has 0 amide bonds. The standard InChI is InChI=1S/C28H25F2N5O3/c1-28(37)12-17(13-28)26-33-23(24-25(31)32-9-10-34(24)26)16-7-8-19-20(11-16)27(36)35(18-5-3-2-4-6-18)14-21(19)38-15-22(29)30/h2-11,14,17,22,37H,12-13,15H2,1H3,(H2,31,32). The summed E-state index contributed by atoms with van der Waals surface area (Å²) in [5.74, 6) is 1.25. The van der Waals surface area contributed by atoms with Crippen molar-refractivity contribution in [1.82, 2.24) is 18.9 Å². The smallest absolute Gasteiger partial charge is 0.272 e. The second kappa shape index (κ2) is 8.91. The Morgan fingerprint density at radius 1 is 1.18 bits per heavy atom. The number of rotatable bonds is 6. The first-order chi connectivity index (χ1) is 18.2. The molecular formula is C28H25F2N5O3. The molecule has 38 heavy (non-hydrogen) atoms. The zero-order valence-corrected chi connectivity index (χ0v) is 20.5. The Bertz CT molecular complexity index is 1720. The molecule has 194 valence electrons. The first-order valence-corrected chi connectivity index (χ1v) is 12.2. The number of fused-ring (bicyclic) bond motifs is 2. The summed E-state index contributed by atoms with van der Waals surface area (Å²) in [6.07, 6.45) is 3.29. The van der Waals surface area contributed by atoms with Crippen LogP contribution in [0.25, 0.3) is 33.2 Å². The van der Waals surface area contributed by atoms with Crippen molar-refractivity contribution in [3.05, 3.63) is 83.3 Å². The highest BCUT2D eigenvalue weighted by Gasteiger charge is 2.41. The predicted molar refractivity (Wildman–Crippen MR) is 140 cm³/mol. The summed E-state index contributed by atoms with van der Waals surface area (Å²) in [4.78, 5) is 22.8. The molecule has 1 fully saturated rings. The van der Waals surface area contributed by atoms with E-state index in [1.807, 2.05) is 10.5 Å². The number of pyridine rings is 1. The number of hydrogen-bond acceptors (Lipinski definition) is 6. The van der Waals surface area contributed by atoms with Gasteiger partial charge in [0, 0.05) is 34.9 Å². The van der Waals surface area contributed by atoms with Gasteiger partial charge in [-0.25, -0.2) is 18.7 Å². The molecule has 1 aliphatic rings. The highest BCUT2D eigenvalue weighted by molar-refractivity contribution is 5.94. The monoisotopic (exact) mass is 517 g/mol. The number of halogens is 2. The van der Waals surface area contributed by atoms with E-state index in [9.17, 15) is 18.7 Å². The van der Waals surface area contributed by atoms with E-state index in [1.165, 1.54) is 10.8 Å². The van der Waals surface area contributed by atoms with Crippen LogP contribution in [0.4, 0.5) is 14.6 Å². The summed E-state index contributed by atoms with van der Waals surface area (Å²) in [5.41, 5.74) is 7.55. The molecule has 10 heteroatoms. The molecule has 1 saturated carbocycles. The van der Waals surface area contributed by atoms with Crippen LogP contribution in [0.15, 0.2) is 71.9 Å². The average Bonchev–Trinajstić information content (AvgIpc) is 3.28. The van der Waals surface area contributed by atoms with Crippen molar-refractivity contribution in [1.29, 1.82) is 0 Å². The second-order valence-corrected chi connectivity index (χ2v) is 9.92. The third-order valence-electron chi connectivity index (χ3n) is 7.00. The van der Waals surface area contributed by atoms with Gasteiger partial charge in [0.15, 0.2) is 0 Å². The summed E-state index contributed by atoms with van der Waals surface area (Å²) in [6, 6.07) is 14.0. The van der Waals surface area contributed by atoms with E-state index in [4.69, 9.17) is 15.5 Å². The fourth-order valence-electron chi connectivity index (χ4n) is 5.27. The van der Waals surface area contributed by atoms with Gasteiger partial charge >= 0.3 is 0 Å². The van der Waals surface area contributed by atoms with E-state index in [1.54, 1.807) is 61.8 Å². The first-order valence-electron chi connectivity index (χ1n) is 12.2. The molecule has 0 spiro atoms. The predicted octanol–water partition coefficient (Wildman–Crippen LogP) is 4.55. The van der Waals surface area contributed by atoms with Gasteiger partial charge in [-0.1, -0.05) is 24.3 Å². The van der Waals surface area contributed by atoms with E-state index in [0.29, 0.717) is 40.7 Å². The van der Waals surface area contributed by atoms with Gasteiger partial charge in [-0.05, 0) is 44.0 Å². The third kappa shape index (κ3) is 4.06. The van der Waals surface area contributed by atoms with E-state index in [0.717, 1.165) is 5.82 Å². The summed E-state index contributed by atoms with van der Waals surface area (Å²) in [7, 11) is 0. The molecule has 0 aliphatic heterocycles. The van der Waals surface area contributed by atoms with Crippen LogP contribution in [0.2, 0.25) is 0 Å². The van der Waals surface area contributed by atoms with Gasteiger partial charge in [-0.15, -0.1) is 0 Å². The van der Waals surface area contributed by atoms with Crippen LogP contribution >= 0.6 is 0 Å². The number of nitrogens with zero attached hydrogens (tertiary/aromatic N) is 4. The minimum atomic E-state index is -2.67. The molecule has 3 aromatic heterocycles. The van der Waals surface area contributed by atoms with Crippen molar-refractivity contribution in [3.8, 4) is 22.7 Å². The number of aromatic nitrogens is 4. The highest BCUT2D eigenvalue weighted by Crippen LogP contribution is 2.45. The van der Waals surface area contributed by atoms with Gasteiger partial charge < -0.3 is 15.6 Å². The van der Waals surface area contributed by atoms with Gasteiger partial charge in [0.1, 0.15) is 35.2 Å². The van der Waals surface area contributed by atoms with Gasteiger partial charge in [-0.3, -0.25) is 13.8 Å². The largest absolute Gasteiger partial charge is 0.485 e. The molecule has 0 saturated heterocycles. The Morgan fingerprint density at radius 3 is 2.66 bits per heavy atom. The van der Waals surface area contributed by atoms with Gasteiger partial charge in [0.25, 0.3) is 12.0 Å². The van der Waals surface area contributed by atoms with Crippen LogP contribution in [0.5, 0.6) is 5.75 Å². The number of nitrogen functional groups attached to an aromatic ring is 1. The van der Waals surface area contributed by atoms with E-state index in [2.05, 4.69) is 4.98 Å². The fraction of sp³-hybridized carbons (Fsp3) is 0.250. The lowest BCUT2D eigenvalue weighted by Gasteiger charge is -2.40. The Morgan fingerprint density at radius 2 is 1.95 bits per heavy atom. The number of aliphatic hydroxyl groups is 1. The van der Waals surface area contributed by atoms with Crippen LogP contribution in [0.3, 0.4) is 0 Å². The van der Waals surface area contributed by atoms with Crippen molar-refractivity contribution in [2.75, 3.05) is 12.3 Å².